The van der Waals surface area contributed by atoms with Gasteiger partial charge in [-0.3, -0.25) is 4.79 Å². The van der Waals surface area contributed by atoms with Crippen LogP contribution in [0.2, 0.25) is 0 Å². The number of nitrogens with zero attached hydrogens (tertiary/aromatic N) is 3. The summed E-state index contributed by atoms with van der Waals surface area (Å²) in [6, 6.07) is 6.63. The summed E-state index contributed by atoms with van der Waals surface area (Å²) in [5.74, 6) is -1.21. The van der Waals surface area contributed by atoms with E-state index in [1.807, 2.05) is 12.1 Å². The zero-order valence-electron chi connectivity index (χ0n) is 13.8. The van der Waals surface area contributed by atoms with Crippen molar-refractivity contribution in [1.82, 2.24) is 20.0 Å². The van der Waals surface area contributed by atoms with E-state index in [0.717, 1.165) is 30.7 Å². The summed E-state index contributed by atoms with van der Waals surface area (Å²) in [5.41, 5.74) is 0.591. The molecule has 2 aromatic heterocycles. The number of carbonyl (C=O) groups is 1. The van der Waals surface area contributed by atoms with E-state index in [2.05, 4.69) is 15.1 Å². The highest BCUT2D eigenvalue weighted by atomic mass is 19.1. The van der Waals surface area contributed by atoms with E-state index in [-0.39, 0.29) is 11.5 Å². The largest absolute Gasteiger partial charge is 0.357 e. The van der Waals surface area contributed by atoms with Crippen LogP contribution in [0.1, 0.15) is 34.9 Å². The molecule has 1 unspecified atom stereocenters. The number of benzene rings is 1. The van der Waals surface area contributed by atoms with Gasteiger partial charge >= 0.3 is 0 Å². The number of piperidine rings is 1. The Morgan fingerprint density at radius 2 is 2.19 bits per heavy atom. The van der Waals surface area contributed by atoms with Gasteiger partial charge in [0, 0.05) is 31.3 Å². The van der Waals surface area contributed by atoms with E-state index in [1.54, 1.807) is 11.1 Å². The second-order valence-electron chi connectivity index (χ2n) is 6.26. The molecule has 1 saturated heterocycles. The molecule has 0 aliphatic carbocycles. The molecule has 4 rings (SSSR count). The fourth-order valence-corrected chi connectivity index (χ4v) is 3.18. The molecule has 3 heterocycles. The molecule has 1 aliphatic heterocycles. The fourth-order valence-electron chi connectivity index (χ4n) is 3.18. The molecule has 6 nitrogen and oxygen atoms in total. The highest BCUT2D eigenvalue weighted by Gasteiger charge is 2.29. The van der Waals surface area contributed by atoms with E-state index >= 15 is 0 Å². The molecule has 8 heteroatoms. The van der Waals surface area contributed by atoms with Crippen LogP contribution in [0.3, 0.4) is 0 Å². The molecule has 0 saturated carbocycles. The molecule has 1 fully saturated rings. The van der Waals surface area contributed by atoms with Crippen molar-refractivity contribution in [3.05, 3.63) is 59.6 Å². The minimum Gasteiger partial charge on any atom is -0.357 e. The summed E-state index contributed by atoms with van der Waals surface area (Å²) in [5, 5.41) is 4.02. The van der Waals surface area contributed by atoms with Crippen molar-refractivity contribution < 1.29 is 18.1 Å². The monoisotopic (exact) mass is 358 g/mol. The van der Waals surface area contributed by atoms with Crippen LogP contribution in [0, 0.1) is 11.6 Å². The van der Waals surface area contributed by atoms with Gasteiger partial charge in [0.15, 0.2) is 5.82 Å². The Morgan fingerprint density at radius 3 is 2.96 bits per heavy atom. The number of hydrogen-bond acceptors (Lipinski definition) is 4. The van der Waals surface area contributed by atoms with Gasteiger partial charge in [0.25, 0.3) is 11.8 Å². The molecular weight excluding hydrogens is 342 g/mol. The summed E-state index contributed by atoms with van der Waals surface area (Å²) in [7, 11) is 0. The first-order valence-corrected chi connectivity index (χ1v) is 8.33. The lowest BCUT2D eigenvalue weighted by Gasteiger charge is -2.31. The smallest absolute Gasteiger partial charge is 0.274 e. The van der Waals surface area contributed by atoms with Crippen LogP contribution in [0.15, 0.2) is 41.1 Å². The van der Waals surface area contributed by atoms with Gasteiger partial charge in [-0.05, 0) is 37.1 Å². The third kappa shape index (κ3) is 3.10. The molecule has 1 atom stereocenters. The van der Waals surface area contributed by atoms with Gasteiger partial charge in [0.2, 0.25) is 0 Å². The number of rotatable bonds is 3. The van der Waals surface area contributed by atoms with Crippen LogP contribution in [-0.4, -0.2) is 39.0 Å². The van der Waals surface area contributed by atoms with Gasteiger partial charge in [-0.25, -0.2) is 8.78 Å². The molecule has 1 aliphatic rings. The lowest BCUT2D eigenvalue weighted by atomic mass is 9.96. The van der Waals surface area contributed by atoms with Crippen molar-refractivity contribution >= 4 is 5.91 Å². The van der Waals surface area contributed by atoms with Gasteiger partial charge in [0.05, 0.1) is 5.56 Å². The van der Waals surface area contributed by atoms with Gasteiger partial charge in [-0.2, -0.15) is 4.98 Å². The number of likely N-dealkylation sites (tertiary alicyclic amines) is 1. The van der Waals surface area contributed by atoms with Crippen molar-refractivity contribution in [2.45, 2.75) is 18.8 Å². The van der Waals surface area contributed by atoms with Crippen molar-refractivity contribution in [3.8, 4) is 11.6 Å². The van der Waals surface area contributed by atoms with Gasteiger partial charge in [-0.15, -0.1) is 0 Å². The molecule has 1 N–H and O–H groups in total. The van der Waals surface area contributed by atoms with Gasteiger partial charge in [-0.1, -0.05) is 5.16 Å². The molecule has 1 amide bonds. The highest BCUT2D eigenvalue weighted by molar-refractivity contribution is 5.94. The summed E-state index contributed by atoms with van der Waals surface area (Å²) >= 11 is 0. The number of carbonyl (C=O) groups excluding carboxylic acids is 1. The number of amides is 1. The second kappa shape index (κ2) is 6.70. The summed E-state index contributed by atoms with van der Waals surface area (Å²) in [6.45, 7) is 0.868. The summed E-state index contributed by atoms with van der Waals surface area (Å²) in [6.07, 6.45) is 3.31. The van der Waals surface area contributed by atoms with Crippen LogP contribution in [0.4, 0.5) is 8.78 Å². The standard InChI is InChI=1S/C18H16F2N4O2/c19-12-5-6-13(14(20)9-12)18(25)24-8-2-3-11(10-24)16-22-17(26-23-16)15-4-1-7-21-15/h1,4-7,9,11,21H,2-3,8,10H2. The van der Waals surface area contributed by atoms with Gasteiger partial charge in [0.1, 0.15) is 17.3 Å². The maximum absolute atomic E-state index is 13.9. The van der Waals surface area contributed by atoms with Crippen molar-refractivity contribution in [1.29, 1.82) is 0 Å². The third-order valence-electron chi connectivity index (χ3n) is 4.51. The predicted octanol–water partition coefficient (Wildman–Crippen LogP) is 3.36. The zero-order valence-corrected chi connectivity index (χ0v) is 13.8. The quantitative estimate of drug-likeness (QED) is 0.779. The lowest BCUT2D eigenvalue weighted by Crippen LogP contribution is -2.39. The van der Waals surface area contributed by atoms with Crippen molar-refractivity contribution in [2.24, 2.45) is 0 Å². The Labute approximate surface area is 147 Å². The second-order valence-corrected chi connectivity index (χ2v) is 6.26. The SMILES string of the molecule is O=C(c1ccc(F)cc1F)N1CCCC(c2noc(-c3ccc[nH]3)n2)C1. The Hall–Kier alpha value is -3.03. The normalized spacial score (nSPS) is 17.5. The Morgan fingerprint density at radius 1 is 1.31 bits per heavy atom. The Balaban J connectivity index is 1.51. The van der Waals surface area contributed by atoms with E-state index in [1.165, 1.54) is 6.07 Å². The van der Waals surface area contributed by atoms with E-state index < -0.39 is 17.5 Å². The van der Waals surface area contributed by atoms with Crippen LogP contribution in [0.25, 0.3) is 11.6 Å². The highest BCUT2D eigenvalue weighted by Crippen LogP contribution is 2.28. The number of H-pyrrole nitrogens is 1. The third-order valence-corrected chi connectivity index (χ3v) is 4.51. The molecule has 0 bridgehead atoms. The molecule has 3 aromatic rings. The van der Waals surface area contributed by atoms with E-state index in [4.69, 9.17) is 4.52 Å². The number of aromatic nitrogens is 3. The molecule has 0 spiro atoms. The minimum absolute atomic E-state index is 0.0938. The van der Waals surface area contributed by atoms with Crippen molar-refractivity contribution in [3.63, 3.8) is 0 Å². The van der Waals surface area contributed by atoms with Crippen LogP contribution in [-0.2, 0) is 0 Å². The molecular formula is C18H16F2N4O2. The van der Waals surface area contributed by atoms with Crippen molar-refractivity contribution in [2.75, 3.05) is 13.1 Å². The van der Waals surface area contributed by atoms with E-state index in [9.17, 15) is 13.6 Å². The maximum atomic E-state index is 13.9. The van der Waals surface area contributed by atoms with Gasteiger partial charge < -0.3 is 14.4 Å². The first-order valence-electron chi connectivity index (χ1n) is 8.33. The lowest BCUT2D eigenvalue weighted by molar-refractivity contribution is 0.0698. The summed E-state index contributed by atoms with van der Waals surface area (Å²) < 4.78 is 32.2. The topological polar surface area (TPSA) is 75.0 Å². The number of aromatic amines is 1. The Kier molecular flexibility index (Phi) is 4.24. The molecule has 134 valence electrons. The maximum Gasteiger partial charge on any atom is 0.274 e. The molecule has 26 heavy (non-hydrogen) atoms. The van der Waals surface area contributed by atoms with Crippen LogP contribution >= 0.6 is 0 Å². The number of hydrogen-bond donors (Lipinski definition) is 1. The minimum atomic E-state index is -0.856. The van der Waals surface area contributed by atoms with Crippen LogP contribution < -0.4 is 0 Å². The average molecular weight is 358 g/mol. The predicted molar refractivity (Wildman–Crippen MR) is 88.3 cm³/mol. The Bertz CT molecular complexity index is 923. The first kappa shape index (κ1) is 16.4. The zero-order chi connectivity index (χ0) is 18.1. The molecule has 1 aromatic carbocycles. The number of halogens is 2. The first-order chi connectivity index (χ1) is 12.6. The molecule has 0 radical (unpaired) electrons. The number of nitrogens with one attached hydrogen (secondary N) is 1. The summed E-state index contributed by atoms with van der Waals surface area (Å²) in [4.78, 5) is 21.5. The fraction of sp³-hybridized carbons (Fsp3) is 0.278. The van der Waals surface area contributed by atoms with E-state index in [0.29, 0.717) is 24.8 Å². The average Bonchev–Trinajstić information content (AvgIpc) is 3.33. The van der Waals surface area contributed by atoms with Crippen LogP contribution in [0.5, 0.6) is 0 Å².